The largest absolute Gasteiger partial charge is 0.355 e. The van der Waals surface area contributed by atoms with Gasteiger partial charge in [0.05, 0.1) is 34.8 Å². The monoisotopic (exact) mass is 481 g/mol. The average Bonchev–Trinajstić information content (AvgIpc) is 3.53. The molecule has 10 heteroatoms. The molecule has 3 N–H and O–H groups in total. The molecule has 0 aromatic carbocycles. The van der Waals surface area contributed by atoms with Gasteiger partial charge in [-0.3, -0.25) is 19.9 Å². The Bertz CT molecular complexity index is 1550. The van der Waals surface area contributed by atoms with E-state index in [1.165, 1.54) is 19.3 Å². The van der Waals surface area contributed by atoms with E-state index in [9.17, 15) is 4.79 Å². The summed E-state index contributed by atoms with van der Waals surface area (Å²) in [4.78, 5) is 36.2. The van der Waals surface area contributed by atoms with Crippen LogP contribution in [-0.2, 0) is 4.79 Å². The van der Waals surface area contributed by atoms with E-state index in [4.69, 9.17) is 4.98 Å². The van der Waals surface area contributed by atoms with Crippen molar-refractivity contribution in [1.82, 2.24) is 35.1 Å². The van der Waals surface area contributed by atoms with Crippen molar-refractivity contribution in [3.63, 3.8) is 0 Å². The minimum absolute atomic E-state index is 0.0275. The number of aromatic amines is 2. The highest BCUT2D eigenvalue weighted by molar-refractivity contribution is 5.96. The number of nitrogens with zero attached hydrogens (tertiary/aromatic N) is 6. The summed E-state index contributed by atoms with van der Waals surface area (Å²) < 4.78 is 0. The first kappa shape index (κ1) is 22.1. The number of piperidine rings is 1. The number of pyridine rings is 3. The molecule has 5 aromatic rings. The summed E-state index contributed by atoms with van der Waals surface area (Å²) in [6.07, 6.45) is 11.8. The van der Waals surface area contributed by atoms with E-state index >= 15 is 0 Å². The topological polar surface area (TPSA) is 128 Å². The quantitative estimate of drug-likeness (QED) is 0.321. The molecule has 10 nitrogen and oxygen atoms in total. The van der Waals surface area contributed by atoms with Gasteiger partial charge < -0.3 is 15.2 Å². The minimum atomic E-state index is -0.0275. The molecule has 0 unspecified atom stereocenters. The van der Waals surface area contributed by atoms with Gasteiger partial charge in [0, 0.05) is 42.9 Å². The molecule has 6 heterocycles. The number of hydrogen-bond donors (Lipinski definition) is 3. The van der Waals surface area contributed by atoms with Gasteiger partial charge in [0.1, 0.15) is 11.2 Å². The maximum atomic E-state index is 12.0. The van der Waals surface area contributed by atoms with Gasteiger partial charge in [-0.1, -0.05) is 6.92 Å². The zero-order valence-corrected chi connectivity index (χ0v) is 20.1. The number of fused-ring (bicyclic) bond motifs is 2. The van der Waals surface area contributed by atoms with E-state index in [1.807, 2.05) is 31.3 Å². The van der Waals surface area contributed by atoms with Crippen LogP contribution in [-0.4, -0.2) is 54.1 Å². The Labute approximate surface area is 207 Å². The van der Waals surface area contributed by atoms with Gasteiger partial charge in [-0.05, 0) is 43.9 Å². The summed E-state index contributed by atoms with van der Waals surface area (Å²) >= 11 is 0. The Morgan fingerprint density at radius 2 is 1.97 bits per heavy atom. The molecule has 0 aliphatic carbocycles. The third-order valence-electron chi connectivity index (χ3n) is 6.50. The molecule has 5 aromatic heterocycles. The third kappa shape index (κ3) is 4.15. The molecule has 0 spiro atoms. The standard InChI is InChI=1S/C26H27N9O/c1-2-6-22(36)30-17-11-16(13-27-14-17)20-12-18-21(15-29-20)33-34-23(18)25-31-19-7-8-28-26(24(19)32-25)35-9-4-3-5-10-35/h7-8,11-15H,2-6,9-10H2,1H3,(H,30,36)(H,31,32)(H,33,34). The Balaban J connectivity index is 1.37. The van der Waals surface area contributed by atoms with Crippen LogP contribution >= 0.6 is 0 Å². The van der Waals surface area contributed by atoms with Crippen LogP contribution < -0.4 is 10.2 Å². The Hall–Kier alpha value is -4.34. The molecular formula is C26H27N9O. The van der Waals surface area contributed by atoms with Gasteiger partial charge in [-0.15, -0.1) is 0 Å². The van der Waals surface area contributed by atoms with Crippen LogP contribution in [0, 0.1) is 0 Å². The lowest BCUT2D eigenvalue weighted by Crippen LogP contribution is -2.30. The van der Waals surface area contributed by atoms with Gasteiger partial charge in [-0.25, -0.2) is 9.97 Å². The van der Waals surface area contributed by atoms with Gasteiger partial charge in [0.25, 0.3) is 0 Å². The second-order valence-corrected chi connectivity index (χ2v) is 9.11. The lowest BCUT2D eigenvalue weighted by atomic mass is 10.1. The first-order chi connectivity index (χ1) is 17.7. The number of H-pyrrole nitrogens is 2. The number of imidazole rings is 1. The van der Waals surface area contributed by atoms with Crippen LogP contribution in [0.4, 0.5) is 11.5 Å². The van der Waals surface area contributed by atoms with Crippen molar-refractivity contribution < 1.29 is 4.79 Å². The average molecular weight is 482 g/mol. The molecule has 1 aliphatic heterocycles. The lowest BCUT2D eigenvalue weighted by Gasteiger charge is -2.27. The van der Waals surface area contributed by atoms with E-state index in [2.05, 4.69) is 40.3 Å². The summed E-state index contributed by atoms with van der Waals surface area (Å²) in [6.45, 7) is 3.98. The minimum Gasteiger partial charge on any atom is -0.355 e. The zero-order valence-electron chi connectivity index (χ0n) is 20.1. The first-order valence-corrected chi connectivity index (χ1v) is 12.4. The highest BCUT2D eigenvalue weighted by Crippen LogP contribution is 2.32. The second kappa shape index (κ2) is 9.37. The molecule has 1 aliphatic rings. The van der Waals surface area contributed by atoms with Gasteiger partial charge >= 0.3 is 0 Å². The van der Waals surface area contributed by atoms with E-state index in [0.717, 1.165) is 64.2 Å². The Morgan fingerprint density at radius 3 is 2.83 bits per heavy atom. The summed E-state index contributed by atoms with van der Waals surface area (Å²) in [5.41, 5.74) is 5.51. The highest BCUT2D eigenvalue weighted by Gasteiger charge is 2.20. The summed E-state index contributed by atoms with van der Waals surface area (Å²) in [5.74, 6) is 1.57. The summed E-state index contributed by atoms with van der Waals surface area (Å²) in [7, 11) is 0. The molecule has 0 radical (unpaired) electrons. The predicted octanol–water partition coefficient (Wildman–Crippen LogP) is 4.69. The van der Waals surface area contributed by atoms with Crippen LogP contribution in [0.25, 0.3) is 44.7 Å². The Kier molecular flexibility index (Phi) is 5.76. The van der Waals surface area contributed by atoms with Crippen molar-refractivity contribution >= 4 is 39.3 Å². The number of anilines is 2. The lowest BCUT2D eigenvalue weighted by molar-refractivity contribution is -0.116. The maximum Gasteiger partial charge on any atom is 0.224 e. The molecule has 182 valence electrons. The number of carbonyl (C=O) groups excluding carboxylic acids is 1. The fraction of sp³-hybridized carbons (Fsp3) is 0.308. The number of hydrogen-bond acceptors (Lipinski definition) is 7. The molecule has 0 bridgehead atoms. The number of rotatable bonds is 6. The van der Waals surface area contributed by atoms with Crippen molar-refractivity contribution in [2.75, 3.05) is 23.3 Å². The highest BCUT2D eigenvalue weighted by atomic mass is 16.1. The zero-order chi connectivity index (χ0) is 24.5. The number of aromatic nitrogens is 7. The van der Waals surface area contributed by atoms with Crippen LogP contribution in [0.3, 0.4) is 0 Å². The third-order valence-corrected chi connectivity index (χ3v) is 6.50. The predicted molar refractivity (Wildman–Crippen MR) is 140 cm³/mol. The maximum absolute atomic E-state index is 12.0. The smallest absolute Gasteiger partial charge is 0.224 e. The number of nitrogens with one attached hydrogen (secondary N) is 3. The van der Waals surface area contributed by atoms with Crippen molar-refractivity contribution in [3.8, 4) is 22.8 Å². The fourth-order valence-electron chi connectivity index (χ4n) is 4.72. The molecule has 1 fully saturated rings. The van der Waals surface area contributed by atoms with Crippen LogP contribution in [0.1, 0.15) is 39.0 Å². The molecular weight excluding hydrogens is 454 g/mol. The van der Waals surface area contributed by atoms with Crippen molar-refractivity contribution in [2.45, 2.75) is 39.0 Å². The van der Waals surface area contributed by atoms with Crippen LogP contribution in [0.15, 0.2) is 43.0 Å². The molecule has 1 saturated heterocycles. The van der Waals surface area contributed by atoms with Crippen molar-refractivity contribution in [2.24, 2.45) is 0 Å². The van der Waals surface area contributed by atoms with Gasteiger partial charge in [0.15, 0.2) is 11.6 Å². The summed E-state index contributed by atoms with van der Waals surface area (Å²) in [5, 5.41) is 11.4. The first-order valence-electron chi connectivity index (χ1n) is 12.4. The van der Waals surface area contributed by atoms with Crippen LogP contribution in [0.2, 0.25) is 0 Å². The molecule has 1 amide bonds. The van der Waals surface area contributed by atoms with E-state index in [-0.39, 0.29) is 5.91 Å². The van der Waals surface area contributed by atoms with Crippen LogP contribution in [0.5, 0.6) is 0 Å². The normalized spacial score (nSPS) is 14.0. The van der Waals surface area contributed by atoms with E-state index in [0.29, 0.717) is 17.9 Å². The second-order valence-electron chi connectivity index (χ2n) is 9.11. The number of amides is 1. The van der Waals surface area contributed by atoms with Gasteiger partial charge in [-0.2, -0.15) is 5.10 Å². The molecule has 0 saturated carbocycles. The fourth-order valence-corrected chi connectivity index (χ4v) is 4.72. The summed E-state index contributed by atoms with van der Waals surface area (Å²) in [6, 6.07) is 5.80. The van der Waals surface area contributed by atoms with E-state index in [1.54, 1.807) is 18.6 Å². The van der Waals surface area contributed by atoms with Gasteiger partial charge in [0.2, 0.25) is 5.91 Å². The SMILES string of the molecule is CCCC(=O)Nc1cncc(-c2cc3c(-c4nc5c(N6CCCCC6)nccc5[nH]4)n[nH]c3cn2)c1. The molecule has 36 heavy (non-hydrogen) atoms. The van der Waals surface area contributed by atoms with Crippen molar-refractivity contribution in [3.05, 3.63) is 43.0 Å². The van der Waals surface area contributed by atoms with Crippen molar-refractivity contribution in [1.29, 1.82) is 0 Å². The molecule has 6 rings (SSSR count). The van der Waals surface area contributed by atoms with E-state index < -0.39 is 0 Å². The Morgan fingerprint density at radius 1 is 1.08 bits per heavy atom. The number of carbonyl (C=O) groups is 1. The molecule has 0 atom stereocenters.